The van der Waals surface area contributed by atoms with E-state index in [-0.39, 0.29) is 12.1 Å². The first-order valence-corrected chi connectivity index (χ1v) is 3.67. The minimum atomic E-state index is -1.46. The molecule has 1 nitrogen and oxygen atoms in total. The van der Waals surface area contributed by atoms with E-state index in [1.54, 1.807) is 0 Å². The molecule has 0 bridgehead atoms. The average molecular weight is 187 g/mol. The first kappa shape index (κ1) is 9.80. The first-order chi connectivity index (χ1) is 6.16. The van der Waals surface area contributed by atoms with Crippen LogP contribution in [0.25, 0.3) is 6.08 Å². The zero-order valence-corrected chi connectivity index (χ0v) is 6.73. The van der Waals surface area contributed by atoms with Crippen molar-refractivity contribution in [3.8, 4) is 0 Å². The Morgan fingerprint density at radius 3 is 2.46 bits per heavy atom. The predicted octanol–water partition coefficient (Wildman–Crippen LogP) is 2.08. The first-order valence-electron chi connectivity index (χ1n) is 3.67. The van der Waals surface area contributed by atoms with Crippen LogP contribution in [-0.4, -0.2) is 6.54 Å². The lowest BCUT2D eigenvalue weighted by Crippen LogP contribution is -1.95. The van der Waals surface area contributed by atoms with E-state index < -0.39 is 17.5 Å². The van der Waals surface area contributed by atoms with Crippen molar-refractivity contribution in [2.45, 2.75) is 0 Å². The fourth-order valence-corrected chi connectivity index (χ4v) is 0.865. The number of nitrogens with two attached hydrogens (primary N) is 1. The fraction of sp³-hybridized carbons (Fsp3) is 0.111. The maximum Gasteiger partial charge on any atom is 0.195 e. The second-order valence-electron chi connectivity index (χ2n) is 2.40. The molecule has 13 heavy (non-hydrogen) atoms. The summed E-state index contributed by atoms with van der Waals surface area (Å²) in [6, 6.07) is 2.02. The molecule has 0 aliphatic carbocycles. The van der Waals surface area contributed by atoms with E-state index in [1.807, 2.05) is 0 Å². The Balaban J connectivity index is 3.11. The monoisotopic (exact) mass is 187 g/mol. The quantitative estimate of drug-likeness (QED) is 0.705. The van der Waals surface area contributed by atoms with Crippen LogP contribution in [-0.2, 0) is 0 Å². The van der Waals surface area contributed by atoms with Crippen LogP contribution in [0, 0.1) is 17.5 Å². The van der Waals surface area contributed by atoms with Gasteiger partial charge in [-0.05, 0) is 12.1 Å². The third-order valence-electron chi connectivity index (χ3n) is 1.50. The normalized spacial score (nSPS) is 11.1. The third-order valence-corrected chi connectivity index (χ3v) is 1.50. The molecule has 0 atom stereocenters. The molecular formula is C9H8F3N. The Morgan fingerprint density at radius 1 is 1.15 bits per heavy atom. The lowest BCUT2D eigenvalue weighted by Gasteiger charge is -1.98. The average Bonchev–Trinajstić information content (AvgIpc) is 2.13. The summed E-state index contributed by atoms with van der Waals surface area (Å²) >= 11 is 0. The smallest absolute Gasteiger partial charge is 0.195 e. The highest BCUT2D eigenvalue weighted by molar-refractivity contribution is 5.50. The summed E-state index contributed by atoms with van der Waals surface area (Å²) in [5.74, 6) is -3.84. The Kier molecular flexibility index (Phi) is 3.08. The van der Waals surface area contributed by atoms with Gasteiger partial charge in [-0.1, -0.05) is 12.2 Å². The van der Waals surface area contributed by atoms with Crippen LogP contribution in [0.3, 0.4) is 0 Å². The van der Waals surface area contributed by atoms with Gasteiger partial charge >= 0.3 is 0 Å². The summed E-state index contributed by atoms with van der Waals surface area (Å²) in [6.45, 7) is 0.221. The van der Waals surface area contributed by atoms with Gasteiger partial charge in [-0.15, -0.1) is 0 Å². The van der Waals surface area contributed by atoms with Gasteiger partial charge in [0.15, 0.2) is 17.5 Å². The highest BCUT2D eigenvalue weighted by atomic mass is 19.2. The molecule has 1 aromatic rings. The van der Waals surface area contributed by atoms with Gasteiger partial charge in [0, 0.05) is 12.1 Å². The number of hydrogen-bond donors (Lipinski definition) is 1. The van der Waals surface area contributed by atoms with Crippen molar-refractivity contribution >= 4 is 6.08 Å². The summed E-state index contributed by atoms with van der Waals surface area (Å²) in [4.78, 5) is 0. The zero-order valence-electron chi connectivity index (χ0n) is 6.73. The summed E-state index contributed by atoms with van der Waals surface area (Å²) in [6.07, 6.45) is 2.76. The van der Waals surface area contributed by atoms with Crippen molar-refractivity contribution < 1.29 is 13.2 Å². The van der Waals surface area contributed by atoms with Crippen LogP contribution >= 0.6 is 0 Å². The molecule has 4 heteroatoms. The number of hydrogen-bond acceptors (Lipinski definition) is 1. The second-order valence-corrected chi connectivity index (χ2v) is 2.40. The van der Waals surface area contributed by atoms with E-state index in [1.165, 1.54) is 12.2 Å². The van der Waals surface area contributed by atoms with Crippen LogP contribution in [0.2, 0.25) is 0 Å². The van der Waals surface area contributed by atoms with Crippen molar-refractivity contribution in [1.29, 1.82) is 0 Å². The highest BCUT2D eigenvalue weighted by Gasteiger charge is 2.10. The fourth-order valence-electron chi connectivity index (χ4n) is 0.865. The van der Waals surface area contributed by atoms with E-state index in [0.717, 1.165) is 12.1 Å². The zero-order chi connectivity index (χ0) is 9.84. The van der Waals surface area contributed by atoms with E-state index in [9.17, 15) is 13.2 Å². The molecule has 70 valence electrons. The van der Waals surface area contributed by atoms with E-state index in [4.69, 9.17) is 5.73 Å². The Morgan fingerprint density at radius 2 is 1.85 bits per heavy atom. The molecule has 1 rings (SSSR count). The predicted molar refractivity (Wildman–Crippen MR) is 44.4 cm³/mol. The molecular weight excluding hydrogens is 179 g/mol. The Hall–Kier alpha value is -1.29. The summed E-state index contributed by atoms with van der Waals surface area (Å²) < 4.78 is 37.9. The van der Waals surface area contributed by atoms with Crippen molar-refractivity contribution in [3.63, 3.8) is 0 Å². The standard InChI is InChI=1S/C9H8F3N/c10-7-4-3-6(2-1-5-13)8(11)9(7)12/h1-4H,5,13H2/b2-1+. The van der Waals surface area contributed by atoms with Crippen molar-refractivity contribution in [3.05, 3.63) is 41.2 Å². The Labute approximate surface area is 73.7 Å². The molecule has 0 fully saturated rings. The maximum atomic E-state index is 12.9. The van der Waals surface area contributed by atoms with Gasteiger partial charge < -0.3 is 5.73 Å². The molecule has 0 amide bonds. The lowest BCUT2D eigenvalue weighted by atomic mass is 10.2. The van der Waals surface area contributed by atoms with Crippen LogP contribution < -0.4 is 5.73 Å². The third kappa shape index (κ3) is 2.09. The lowest BCUT2D eigenvalue weighted by molar-refractivity contribution is 0.446. The van der Waals surface area contributed by atoms with Gasteiger partial charge in [0.2, 0.25) is 0 Å². The topological polar surface area (TPSA) is 26.0 Å². The van der Waals surface area contributed by atoms with E-state index in [2.05, 4.69) is 0 Å². The van der Waals surface area contributed by atoms with E-state index in [0.29, 0.717) is 0 Å². The minimum Gasteiger partial charge on any atom is -0.327 e. The molecule has 0 unspecified atom stereocenters. The number of halogens is 3. The largest absolute Gasteiger partial charge is 0.327 e. The van der Waals surface area contributed by atoms with Crippen LogP contribution in [0.1, 0.15) is 5.56 Å². The molecule has 2 N–H and O–H groups in total. The summed E-state index contributed by atoms with van der Waals surface area (Å²) in [5, 5.41) is 0. The molecule has 0 aliphatic rings. The maximum absolute atomic E-state index is 12.9. The molecule has 0 heterocycles. The molecule has 0 radical (unpaired) electrons. The molecule has 1 aromatic carbocycles. The molecule has 0 spiro atoms. The summed E-state index contributed by atoms with van der Waals surface area (Å²) in [5.41, 5.74) is 5.11. The van der Waals surface area contributed by atoms with Gasteiger partial charge in [0.05, 0.1) is 0 Å². The van der Waals surface area contributed by atoms with Gasteiger partial charge in [0.1, 0.15) is 0 Å². The minimum absolute atomic E-state index is 0.00986. The van der Waals surface area contributed by atoms with Gasteiger partial charge in [-0.2, -0.15) is 0 Å². The van der Waals surface area contributed by atoms with Crippen LogP contribution in [0.15, 0.2) is 18.2 Å². The molecule has 0 saturated heterocycles. The molecule has 0 aromatic heterocycles. The Bertz CT molecular complexity index is 334. The van der Waals surface area contributed by atoms with Gasteiger partial charge in [-0.3, -0.25) is 0 Å². The highest BCUT2D eigenvalue weighted by Crippen LogP contribution is 2.15. The molecule has 0 aliphatic heterocycles. The number of rotatable bonds is 2. The molecule has 0 saturated carbocycles. The summed E-state index contributed by atoms with van der Waals surface area (Å²) in [7, 11) is 0. The number of benzene rings is 1. The van der Waals surface area contributed by atoms with Gasteiger partial charge in [-0.25, -0.2) is 13.2 Å². The van der Waals surface area contributed by atoms with E-state index >= 15 is 0 Å². The van der Waals surface area contributed by atoms with Crippen molar-refractivity contribution in [1.82, 2.24) is 0 Å². The van der Waals surface area contributed by atoms with Crippen LogP contribution in [0.4, 0.5) is 13.2 Å². The SMILES string of the molecule is NC/C=C/c1ccc(F)c(F)c1F. The van der Waals surface area contributed by atoms with Crippen LogP contribution in [0.5, 0.6) is 0 Å². The van der Waals surface area contributed by atoms with Crippen molar-refractivity contribution in [2.75, 3.05) is 6.54 Å². The second kappa shape index (κ2) is 4.09. The van der Waals surface area contributed by atoms with Gasteiger partial charge in [0.25, 0.3) is 0 Å². The van der Waals surface area contributed by atoms with Crippen molar-refractivity contribution in [2.24, 2.45) is 5.73 Å².